The van der Waals surface area contributed by atoms with Gasteiger partial charge in [-0.1, -0.05) is 0 Å². The average molecular weight is 235 g/mol. The van der Waals surface area contributed by atoms with E-state index < -0.39 is 9.84 Å². The summed E-state index contributed by atoms with van der Waals surface area (Å²) in [5.74, 6) is 0.207. The van der Waals surface area contributed by atoms with E-state index in [4.69, 9.17) is 4.74 Å². The van der Waals surface area contributed by atoms with E-state index in [0.717, 1.165) is 32.4 Å². The van der Waals surface area contributed by atoms with E-state index in [9.17, 15) is 8.42 Å². The first-order valence-corrected chi connectivity index (χ1v) is 7.56. The maximum atomic E-state index is 11.0. The summed E-state index contributed by atoms with van der Waals surface area (Å²) in [6, 6.07) is 0.0291. The van der Waals surface area contributed by atoms with E-state index in [2.05, 4.69) is 5.32 Å². The molecule has 1 N–H and O–H groups in total. The summed E-state index contributed by atoms with van der Waals surface area (Å²) in [5, 5.41) is 3.21. The molecule has 0 spiro atoms. The number of hydrogen-bond acceptors (Lipinski definition) is 4. The summed E-state index contributed by atoms with van der Waals surface area (Å²) >= 11 is 0. The van der Waals surface area contributed by atoms with Gasteiger partial charge >= 0.3 is 0 Å². The van der Waals surface area contributed by atoms with Gasteiger partial charge in [0.2, 0.25) is 0 Å². The lowest BCUT2D eigenvalue weighted by molar-refractivity contribution is 0.104. The van der Waals surface area contributed by atoms with Crippen molar-refractivity contribution in [3.05, 3.63) is 0 Å². The van der Waals surface area contributed by atoms with Crippen molar-refractivity contribution >= 4 is 9.84 Å². The predicted molar refractivity (Wildman–Crippen MR) is 60.8 cm³/mol. The maximum absolute atomic E-state index is 11.0. The molecule has 5 heteroatoms. The molecule has 1 rings (SSSR count). The summed E-state index contributed by atoms with van der Waals surface area (Å²) in [6.45, 7) is 3.61. The van der Waals surface area contributed by atoms with Crippen molar-refractivity contribution in [2.24, 2.45) is 0 Å². The molecule has 1 aliphatic rings. The van der Waals surface area contributed by atoms with Crippen molar-refractivity contribution in [1.82, 2.24) is 5.32 Å². The summed E-state index contributed by atoms with van der Waals surface area (Å²) in [5.41, 5.74) is 0. The van der Waals surface area contributed by atoms with Crippen LogP contribution in [-0.4, -0.2) is 45.7 Å². The van der Waals surface area contributed by atoms with Gasteiger partial charge in [-0.2, -0.15) is 0 Å². The Morgan fingerprint density at radius 1 is 1.53 bits per heavy atom. The quantitative estimate of drug-likeness (QED) is 0.731. The molecular formula is C10H21NO3S. The van der Waals surface area contributed by atoms with Crippen molar-refractivity contribution in [3.8, 4) is 0 Å². The zero-order valence-electron chi connectivity index (χ0n) is 9.53. The van der Waals surface area contributed by atoms with Gasteiger partial charge in [0.25, 0.3) is 0 Å². The van der Waals surface area contributed by atoms with Crippen LogP contribution in [0.2, 0.25) is 0 Å². The van der Waals surface area contributed by atoms with Crippen LogP contribution < -0.4 is 5.32 Å². The molecule has 0 saturated carbocycles. The largest absolute Gasteiger partial charge is 0.378 e. The molecule has 4 nitrogen and oxygen atoms in total. The van der Waals surface area contributed by atoms with Crippen LogP contribution in [0.25, 0.3) is 0 Å². The fourth-order valence-electron chi connectivity index (χ4n) is 1.88. The summed E-state index contributed by atoms with van der Waals surface area (Å²) in [6.07, 6.45) is 4.92. The fourth-order valence-corrected chi connectivity index (χ4v) is 2.90. The van der Waals surface area contributed by atoms with Crippen molar-refractivity contribution in [3.63, 3.8) is 0 Å². The smallest absolute Gasteiger partial charge is 0.148 e. The first kappa shape index (κ1) is 12.9. The topological polar surface area (TPSA) is 55.4 Å². The minimum Gasteiger partial charge on any atom is -0.378 e. The van der Waals surface area contributed by atoms with Crippen molar-refractivity contribution < 1.29 is 13.2 Å². The van der Waals surface area contributed by atoms with Gasteiger partial charge in [0, 0.05) is 18.9 Å². The van der Waals surface area contributed by atoms with Gasteiger partial charge in [0.1, 0.15) is 9.84 Å². The molecular weight excluding hydrogens is 214 g/mol. The highest BCUT2D eigenvalue weighted by Crippen LogP contribution is 2.14. The Labute approximate surface area is 92.3 Å². The van der Waals surface area contributed by atoms with Gasteiger partial charge < -0.3 is 10.1 Å². The predicted octanol–water partition coefficient (Wildman–Crippen LogP) is 0.578. The molecule has 2 atom stereocenters. The minimum absolute atomic E-state index is 0.0291. The Morgan fingerprint density at radius 2 is 2.27 bits per heavy atom. The third-order valence-electron chi connectivity index (χ3n) is 2.54. The normalized spacial score (nSPS) is 24.3. The number of rotatable bonds is 6. The van der Waals surface area contributed by atoms with Crippen LogP contribution in [0.5, 0.6) is 0 Å². The molecule has 1 fully saturated rings. The minimum atomic E-state index is -2.87. The first-order valence-electron chi connectivity index (χ1n) is 5.50. The molecule has 15 heavy (non-hydrogen) atoms. The van der Waals surface area contributed by atoms with E-state index >= 15 is 0 Å². The van der Waals surface area contributed by atoms with Gasteiger partial charge in [0.05, 0.1) is 11.9 Å². The highest BCUT2D eigenvalue weighted by atomic mass is 32.2. The number of sulfone groups is 1. The van der Waals surface area contributed by atoms with Gasteiger partial charge in [-0.3, -0.25) is 0 Å². The summed E-state index contributed by atoms with van der Waals surface area (Å²) < 4.78 is 27.5. The molecule has 2 unspecified atom stereocenters. The second kappa shape index (κ2) is 5.82. The second-order valence-corrected chi connectivity index (χ2v) is 6.56. The van der Waals surface area contributed by atoms with E-state index in [1.807, 2.05) is 6.92 Å². The van der Waals surface area contributed by atoms with Crippen molar-refractivity contribution in [2.45, 2.75) is 38.3 Å². The zero-order chi connectivity index (χ0) is 11.3. The van der Waals surface area contributed by atoms with Crippen LogP contribution in [0, 0.1) is 0 Å². The van der Waals surface area contributed by atoms with E-state index in [1.165, 1.54) is 6.26 Å². The van der Waals surface area contributed by atoms with Crippen molar-refractivity contribution in [1.29, 1.82) is 0 Å². The molecule has 90 valence electrons. The maximum Gasteiger partial charge on any atom is 0.148 e. The van der Waals surface area contributed by atoms with Gasteiger partial charge in [-0.25, -0.2) is 8.42 Å². The van der Waals surface area contributed by atoms with Crippen LogP contribution in [0.15, 0.2) is 0 Å². The highest BCUT2D eigenvalue weighted by molar-refractivity contribution is 7.90. The average Bonchev–Trinajstić information content (AvgIpc) is 2.53. The van der Waals surface area contributed by atoms with Crippen LogP contribution >= 0.6 is 0 Å². The van der Waals surface area contributed by atoms with Gasteiger partial charge in [0.15, 0.2) is 0 Å². The third kappa shape index (κ3) is 6.12. The Kier molecular flexibility index (Phi) is 5.02. The number of nitrogens with one attached hydrogen (secondary N) is 1. The molecule has 0 aliphatic carbocycles. The van der Waals surface area contributed by atoms with E-state index in [0.29, 0.717) is 6.10 Å². The molecule has 0 aromatic carbocycles. The van der Waals surface area contributed by atoms with E-state index in [-0.39, 0.29) is 11.8 Å². The lowest BCUT2D eigenvalue weighted by Gasteiger charge is -2.14. The van der Waals surface area contributed by atoms with Gasteiger partial charge in [-0.15, -0.1) is 0 Å². The molecule has 1 saturated heterocycles. The van der Waals surface area contributed by atoms with Gasteiger partial charge in [-0.05, 0) is 32.7 Å². The Morgan fingerprint density at radius 3 is 2.80 bits per heavy atom. The zero-order valence-corrected chi connectivity index (χ0v) is 10.3. The Balaban J connectivity index is 2.08. The van der Waals surface area contributed by atoms with Crippen LogP contribution in [0.1, 0.15) is 26.2 Å². The molecule has 1 heterocycles. The highest BCUT2D eigenvalue weighted by Gasteiger charge is 2.15. The fraction of sp³-hybridized carbons (Fsp3) is 1.00. The van der Waals surface area contributed by atoms with Crippen LogP contribution in [-0.2, 0) is 14.6 Å². The summed E-state index contributed by atoms with van der Waals surface area (Å²) in [4.78, 5) is 0. The molecule has 0 aromatic rings. The van der Waals surface area contributed by atoms with Crippen molar-refractivity contribution in [2.75, 3.05) is 25.2 Å². The lowest BCUT2D eigenvalue weighted by atomic mass is 10.2. The molecule has 0 bridgehead atoms. The molecule has 0 radical (unpaired) electrons. The molecule has 1 aliphatic heterocycles. The Hall–Kier alpha value is -0.130. The SMILES string of the molecule is CC(CS(C)(=O)=O)NCCC1CCCO1. The first-order chi connectivity index (χ1) is 6.97. The Bertz CT molecular complexity index is 270. The summed E-state index contributed by atoms with van der Waals surface area (Å²) in [7, 11) is -2.87. The van der Waals surface area contributed by atoms with Crippen LogP contribution in [0.4, 0.5) is 0 Å². The monoisotopic (exact) mass is 235 g/mol. The number of hydrogen-bond donors (Lipinski definition) is 1. The number of ether oxygens (including phenoxy) is 1. The van der Waals surface area contributed by atoms with E-state index in [1.54, 1.807) is 0 Å². The second-order valence-electron chi connectivity index (χ2n) is 4.37. The lowest BCUT2D eigenvalue weighted by Crippen LogP contribution is -2.34. The van der Waals surface area contributed by atoms with Crippen LogP contribution in [0.3, 0.4) is 0 Å². The standard InChI is InChI=1S/C10H21NO3S/c1-9(8-15(2,12)13)11-6-5-10-4-3-7-14-10/h9-11H,3-8H2,1-2H3. The molecule has 0 amide bonds. The molecule has 0 aromatic heterocycles. The third-order valence-corrected chi connectivity index (χ3v) is 3.64.